The number of hydrogen-bond donors (Lipinski definition) is 2. The molecule has 1 aromatic rings. The molecule has 3 aliphatic carbocycles. The first-order valence-electron chi connectivity index (χ1n) is 7.57. The van der Waals surface area contributed by atoms with Gasteiger partial charge in [0.05, 0.1) is 5.41 Å². The van der Waals surface area contributed by atoms with Crippen LogP contribution in [0.1, 0.15) is 24.8 Å². The molecule has 0 aromatic heterocycles. The smallest absolute Gasteiger partial charge is 0.318 e. The van der Waals surface area contributed by atoms with Crippen LogP contribution in [0.2, 0.25) is 0 Å². The molecule has 2 amide bonds. The lowest BCUT2D eigenvalue weighted by atomic mass is 9.39. The summed E-state index contributed by atoms with van der Waals surface area (Å²) in [5.74, 6) is -0.724. The molecule has 0 radical (unpaired) electrons. The summed E-state index contributed by atoms with van der Waals surface area (Å²) in [7, 11) is 0. The molecule has 2 bridgehead atoms. The first-order chi connectivity index (χ1) is 10.5. The molecule has 0 atom stereocenters. The summed E-state index contributed by atoms with van der Waals surface area (Å²) in [6.45, 7) is 1.21. The van der Waals surface area contributed by atoms with Crippen molar-refractivity contribution in [3.8, 4) is 0 Å². The van der Waals surface area contributed by atoms with Crippen LogP contribution >= 0.6 is 0 Å². The van der Waals surface area contributed by atoms with Crippen molar-refractivity contribution in [1.82, 2.24) is 10.2 Å². The number of aliphatic carboxylic acids is 1. The highest BCUT2D eigenvalue weighted by molar-refractivity contribution is 5.85. The number of nitrogens with zero attached hydrogens (tertiary/aromatic N) is 1. The van der Waals surface area contributed by atoms with E-state index in [0.717, 1.165) is 11.1 Å². The van der Waals surface area contributed by atoms with Crippen molar-refractivity contribution in [3.63, 3.8) is 0 Å². The predicted octanol–water partition coefficient (Wildman–Crippen LogP) is 2.10. The van der Waals surface area contributed by atoms with E-state index in [4.69, 9.17) is 5.11 Å². The first-order valence-corrected chi connectivity index (χ1v) is 7.57. The molecule has 5 nitrogen and oxygen atoms in total. The van der Waals surface area contributed by atoms with Gasteiger partial charge in [-0.25, -0.2) is 4.79 Å². The summed E-state index contributed by atoms with van der Waals surface area (Å²) in [6, 6.07) is 9.97. The highest BCUT2D eigenvalue weighted by Crippen LogP contribution is 2.67. The Balaban J connectivity index is 1.34. The normalized spacial score (nSPS) is 31.8. The van der Waals surface area contributed by atoms with Crippen LogP contribution in [0, 0.1) is 5.41 Å². The van der Waals surface area contributed by atoms with Crippen LogP contribution in [0.3, 0.4) is 0 Å². The van der Waals surface area contributed by atoms with Crippen molar-refractivity contribution in [2.24, 2.45) is 5.41 Å². The lowest BCUT2D eigenvalue weighted by Gasteiger charge is -2.67. The molecular formula is C17H18N2O3. The molecule has 4 aliphatic rings. The fourth-order valence-corrected chi connectivity index (χ4v) is 4.02. The molecule has 114 valence electrons. The molecule has 5 heteroatoms. The summed E-state index contributed by atoms with van der Waals surface area (Å²) in [5, 5.41) is 12.2. The SMILES string of the molecule is O=C(NC12CC(C(=O)O)(C1)C2)N1CC=C(c2ccccc2)C1. The number of carboxylic acids is 1. The summed E-state index contributed by atoms with van der Waals surface area (Å²) < 4.78 is 0. The molecular weight excluding hydrogens is 280 g/mol. The second-order valence-electron chi connectivity index (χ2n) is 6.80. The number of carboxylic acid groups (broad SMARTS) is 1. The van der Waals surface area contributed by atoms with E-state index in [1.165, 1.54) is 0 Å². The molecule has 22 heavy (non-hydrogen) atoms. The lowest BCUT2D eigenvalue weighted by Crippen LogP contribution is -2.77. The molecule has 3 fully saturated rings. The quantitative estimate of drug-likeness (QED) is 0.898. The Kier molecular flexibility index (Phi) is 2.64. The van der Waals surface area contributed by atoms with Gasteiger partial charge in [-0.05, 0) is 30.4 Å². The van der Waals surface area contributed by atoms with Gasteiger partial charge in [0.25, 0.3) is 0 Å². The second kappa shape index (κ2) is 4.35. The zero-order valence-electron chi connectivity index (χ0n) is 12.2. The second-order valence-corrected chi connectivity index (χ2v) is 6.80. The predicted molar refractivity (Wildman–Crippen MR) is 81.2 cm³/mol. The summed E-state index contributed by atoms with van der Waals surface area (Å²) in [5.41, 5.74) is 1.50. The number of hydrogen-bond acceptors (Lipinski definition) is 2. The largest absolute Gasteiger partial charge is 0.481 e. The van der Waals surface area contributed by atoms with E-state index in [9.17, 15) is 9.59 Å². The van der Waals surface area contributed by atoms with Crippen molar-refractivity contribution < 1.29 is 14.7 Å². The van der Waals surface area contributed by atoms with E-state index >= 15 is 0 Å². The number of amides is 2. The van der Waals surface area contributed by atoms with Crippen LogP contribution in [-0.2, 0) is 4.79 Å². The Bertz CT molecular complexity index is 661. The van der Waals surface area contributed by atoms with Crippen LogP contribution in [0.15, 0.2) is 36.4 Å². The maximum atomic E-state index is 12.4. The Hall–Kier alpha value is -2.30. The fourth-order valence-electron chi connectivity index (χ4n) is 4.02. The van der Waals surface area contributed by atoms with E-state index in [2.05, 4.69) is 11.4 Å². The minimum absolute atomic E-state index is 0.0825. The maximum Gasteiger partial charge on any atom is 0.318 e. The van der Waals surface area contributed by atoms with Crippen molar-refractivity contribution in [2.75, 3.05) is 13.1 Å². The van der Waals surface area contributed by atoms with E-state index in [0.29, 0.717) is 32.4 Å². The van der Waals surface area contributed by atoms with Gasteiger partial charge in [-0.2, -0.15) is 0 Å². The third-order valence-corrected chi connectivity index (χ3v) is 5.21. The van der Waals surface area contributed by atoms with Gasteiger partial charge in [-0.3, -0.25) is 4.79 Å². The Morgan fingerprint density at radius 1 is 1.14 bits per heavy atom. The Morgan fingerprint density at radius 2 is 1.82 bits per heavy atom. The average Bonchev–Trinajstić information content (AvgIpc) is 2.91. The third-order valence-electron chi connectivity index (χ3n) is 5.21. The van der Waals surface area contributed by atoms with Gasteiger partial charge in [0.15, 0.2) is 0 Å². The average molecular weight is 298 g/mol. The van der Waals surface area contributed by atoms with Crippen molar-refractivity contribution >= 4 is 17.6 Å². The van der Waals surface area contributed by atoms with E-state index < -0.39 is 11.4 Å². The zero-order valence-corrected chi connectivity index (χ0v) is 12.2. The maximum absolute atomic E-state index is 12.4. The summed E-state index contributed by atoms with van der Waals surface area (Å²) in [6.07, 6.45) is 3.81. The van der Waals surface area contributed by atoms with Crippen LogP contribution in [0.25, 0.3) is 5.57 Å². The fraction of sp³-hybridized carbons (Fsp3) is 0.412. The summed E-state index contributed by atoms with van der Waals surface area (Å²) in [4.78, 5) is 25.2. The monoisotopic (exact) mass is 298 g/mol. The van der Waals surface area contributed by atoms with Gasteiger partial charge in [-0.15, -0.1) is 0 Å². The van der Waals surface area contributed by atoms with Crippen molar-refractivity contribution in [1.29, 1.82) is 0 Å². The van der Waals surface area contributed by atoms with Crippen LogP contribution in [0.4, 0.5) is 4.79 Å². The number of carbonyl (C=O) groups excluding carboxylic acids is 1. The van der Waals surface area contributed by atoms with Crippen molar-refractivity contribution in [3.05, 3.63) is 42.0 Å². The van der Waals surface area contributed by atoms with E-state index in [1.54, 1.807) is 4.90 Å². The van der Waals surface area contributed by atoms with Gasteiger partial charge >= 0.3 is 12.0 Å². The zero-order chi connectivity index (χ0) is 15.4. The number of carbonyl (C=O) groups is 2. The summed E-state index contributed by atoms with van der Waals surface area (Å²) >= 11 is 0. The molecule has 0 unspecified atom stereocenters. The molecule has 1 aromatic carbocycles. The van der Waals surface area contributed by atoms with Gasteiger partial charge < -0.3 is 15.3 Å². The van der Waals surface area contributed by atoms with Gasteiger partial charge in [0.1, 0.15) is 0 Å². The minimum atomic E-state index is -0.724. The third kappa shape index (κ3) is 1.85. The topological polar surface area (TPSA) is 69.6 Å². The van der Waals surface area contributed by atoms with Gasteiger partial charge in [-0.1, -0.05) is 36.4 Å². The van der Waals surface area contributed by atoms with E-state index in [-0.39, 0.29) is 11.6 Å². The molecule has 0 spiro atoms. The van der Waals surface area contributed by atoms with Crippen LogP contribution < -0.4 is 5.32 Å². The molecule has 5 rings (SSSR count). The number of nitrogens with one attached hydrogen (secondary N) is 1. The minimum Gasteiger partial charge on any atom is -0.481 e. The number of benzene rings is 1. The molecule has 1 aliphatic heterocycles. The van der Waals surface area contributed by atoms with Gasteiger partial charge in [0.2, 0.25) is 0 Å². The first kappa shape index (κ1) is 13.4. The number of rotatable bonds is 3. The molecule has 3 saturated carbocycles. The highest BCUT2D eigenvalue weighted by atomic mass is 16.4. The Labute approximate surface area is 128 Å². The van der Waals surface area contributed by atoms with Gasteiger partial charge in [0, 0.05) is 18.6 Å². The standard InChI is InChI=1S/C17H18N2O3/c20-14(21)16-9-17(10-16,11-16)18-15(22)19-7-6-13(8-19)12-4-2-1-3-5-12/h1-6H,7-11H2,(H,18,22)(H,20,21). The van der Waals surface area contributed by atoms with Crippen LogP contribution in [0.5, 0.6) is 0 Å². The van der Waals surface area contributed by atoms with Crippen LogP contribution in [-0.4, -0.2) is 40.6 Å². The molecule has 1 heterocycles. The lowest BCUT2D eigenvalue weighted by molar-refractivity contribution is -0.196. The number of urea groups is 1. The van der Waals surface area contributed by atoms with E-state index in [1.807, 2.05) is 30.3 Å². The van der Waals surface area contributed by atoms with Crippen molar-refractivity contribution in [2.45, 2.75) is 24.8 Å². The Morgan fingerprint density at radius 3 is 2.45 bits per heavy atom. The molecule has 2 N–H and O–H groups in total. The highest BCUT2D eigenvalue weighted by Gasteiger charge is 2.72. The molecule has 0 saturated heterocycles.